The van der Waals surface area contributed by atoms with Crippen molar-refractivity contribution in [3.63, 3.8) is 0 Å². The molecule has 0 bridgehead atoms. The van der Waals surface area contributed by atoms with Gasteiger partial charge in [0, 0.05) is 5.02 Å². The van der Waals surface area contributed by atoms with Crippen molar-refractivity contribution in [3.8, 4) is 5.75 Å². The second-order valence-electron chi connectivity index (χ2n) is 3.33. The molecule has 0 saturated carbocycles. The van der Waals surface area contributed by atoms with Gasteiger partial charge in [0.15, 0.2) is 0 Å². The molecule has 1 aromatic rings. The molecule has 0 aromatic heterocycles. The third kappa shape index (κ3) is 3.40. The highest BCUT2D eigenvalue weighted by Gasteiger charge is 2.23. The van der Waals surface area contributed by atoms with Crippen molar-refractivity contribution in [2.45, 2.75) is 19.1 Å². The Balaban J connectivity index is 2.64. The second-order valence-corrected chi connectivity index (χ2v) is 3.77. The van der Waals surface area contributed by atoms with Crippen LogP contribution in [0.1, 0.15) is 6.92 Å². The number of hydrogen-bond acceptors (Lipinski definition) is 4. The third-order valence-corrected chi connectivity index (χ3v) is 2.33. The van der Waals surface area contributed by atoms with Crippen molar-refractivity contribution in [1.29, 1.82) is 0 Å². The molecule has 5 heteroatoms. The van der Waals surface area contributed by atoms with Gasteiger partial charge >= 0.3 is 5.97 Å². The molecule has 0 aliphatic rings. The summed E-state index contributed by atoms with van der Waals surface area (Å²) in [6.07, 6.45) is -0.481. The van der Waals surface area contributed by atoms with E-state index in [1.165, 1.54) is 7.11 Å². The third-order valence-electron chi connectivity index (χ3n) is 2.10. The van der Waals surface area contributed by atoms with Gasteiger partial charge in [0.2, 0.25) is 0 Å². The van der Waals surface area contributed by atoms with Crippen molar-refractivity contribution in [2.75, 3.05) is 7.11 Å². The van der Waals surface area contributed by atoms with Gasteiger partial charge < -0.3 is 15.2 Å². The molecule has 0 aliphatic heterocycles. The summed E-state index contributed by atoms with van der Waals surface area (Å²) in [7, 11) is 1.29. The standard InChI is InChI=1S/C11H14ClNO3/c1-7(10(13)11(14)15-2)16-9-5-3-4-8(12)6-9/h3-7,10H,13H2,1-2H3/t7-,10-/m0/s1. The summed E-state index contributed by atoms with van der Waals surface area (Å²) in [5, 5.41) is 0.566. The Morgan fingerprint density at radius 1 is 1.50 bits per heavy atom. The van der Waals surface area contributed by atoms with Crippen LogP contribution in [0.15, 0.2) is 24.3 Å². The Kier molecular flexibility index (Phi) is 4.58. The lowest BCUT2D eigenvalue weighted by Crippen LogP contribution is -2.44. The van der Waals surface area contributed by atoms with Crippen LogP contribution in [0.2, 0.25) is 5.02 Å². The molecule has 0 spiro atoms. The van der Waals surface area contributed by atoms with Gasteiger partial charge in [-0.1, -0.05) is 17.7 Å². The Bertz CT molecular complexity index is 370. The minimum Gasteiger partial charge on any atom is -0.488 e. The summed E-state index contributed by atoms with van der Waals surface area (Å²) in [4.78, 5) is 11.2. The lowest BCUT2D eigenvalue weighted by atomic mass is 10.2. The van der Waals surface area contributed by atoms with Crippen LogP contribution in [0, 0.1) is 0 Å². The van der Waals surface area contributed by atoms with E-state index in [4.69, 9.17) is 22.1 Å². The van der Waals surface area contributed by atoms with Crippen LogP contribution in [0.3, 0.4) is 0 Å². The van der Waals surface area contributed by atoms with E-state index in [0.29, 0.717) is 10.8 Å². The van der Waals surface area contributed by atoms with Crippen molar-refractivity contribution in [2.24, 2.45) is 5.73 Å². The van der Waals surface area contributed by atoms with Crippen molar-refractivity contribution < 1.29 is 14.3 Å². The van der Waals surface area contributed by atoms with E-state index in [1.54, 1.807) is 31.2 Å². The predicted octanol–water partition coefficient (Wildman–Crippen LogP) is 1.61. The molecule has 0 aliphatic carbocycles. The highest BCUT2D eigenvalue weighted by molar-refractivity contribution is 6.30. The van der Waals surface area contributed by atoms with Gasteiger partial charge in [0.25, 0.3) is 0 Å². The lowest BCUT2D eigenvalue weighted by molar-refractivity contribution is -0.144. The number of ether oxygens (including phenoxy) is 2. The molecule has 0 saturated heterocycles. The zero-order valence-electron chi connectivity index (χ0n) is 9.14. The number of carbonyl (C=O) groups is 1. The molecule has 2 atom stereocenters. The van der Waals surface area contributed by atoms with E-state index in [-0.39, 0.29) is 0 Å². The molecule has 88 valence electrons. The normalized spacial score (nSPS) is 14.0. The predicted molar refractivity (Wildman–Crippen MR) is 61.5 cm³/mol. The highest BCUT2D eigenvalue weighted by atomic mass is 35.5. The molecule has 0 heterocycles. The van der Waals surface area contributed by atoms with E-state index in [2.05, 4.69) is 4.74 Å². The van der Waals surface area contributed by atoms with Crippen molar-refractivity contribution in [3.05, 3.63) is 29.3 Å². The van der Waals surface area contributed by atoms with Crippen LogP contribution in [0.25, 0.3) is 0 Å². The Morgan fingerprint density at radius 2 is 2.19 bits per heavy atom. The first-order chi connectivity index (χ1) is 7.54. The summed E-state index contributed by atoms with van der Waals surface area (Å²) < 4.78 is 9.99. The maximum atomic E-state index is 11.2. The van der Waals surface area contributed by atoms with Crippen LogP contribution in [-0.2, 0) is 9.53 Å². The lowest BCUT2D eigenvalue weighted by Gasteiger charge is -2.19. The number of carbonyl (C=O) groups excluding carboxylic acids is 1. The average Bonchev–Trinajstić information content (AvgIpc) is 2.27. The average molecular weight is 244 g/mol. The molecule has 1 rings (SSSR count). The number of nitrogens with two attached hydrogens (primary N) is 1. The number of halogens is 1. The van der Waals surface area contributed by atoms with Gasteiger partial charge in [-0.15, -0.1) is 0 Å². The molecule has 16 heavy (non-hydrogen) atoms. The summed E-state index contributed by atoms with van der Waals surface area (Å²) in [5.74, 6) is 0.0638. The number of esters is 1. The zero-order valence-corrected chi connectivity index (χ0v) is 9.90. The molecular formula is C11H14ClNO3. The van der Waals surface area contributed by atoms with E-state index in [1.807, 2.05) is 0 Å². The molecule has 4 nitrogen and oxygen atoms in total. The van der Waals surface area contributed by atoms with Crippen molar-refractivity contribution >= 4 is 17.6 Å². The first-order valence-electron chi connectivity index (χ1n) is 4.80. The van der Waals surface area contributed by atoms with Crippen LogP contribution >= 0.6 is 11.6 Å². The fraction of sp³-hybridized carbons (Fsp3) is 0.364. The first-order valence-corrected chi connectivity index (χ1v) is 5.18. The fourth-order valence-electron chi connectivity index (χ4n) is 1.16. The van der Waals surface area contributed by atoms with Crippen LogP contribution < -0.4 is 10.5 Å². The molecular weight excluding hydrogens is 230 g/mol. The first kappa shape index (κ1) is 12.8. The topological polar surface area (TPSA) is 61.5 Å². The second kappa shape index (κ2) is 5.72. The Labute approximate surface area is 99.3 Å². The van der Waals surface area contributed by atoms with Crippen LogP contribution in [-0.4, -0.2) is 25.2 Å². The maximum absolute atomic E-state index is 11.2. The number of rotatable bonds is 4. The maximum Gasteiger partial charge on any atom is 0.326 e. The summed E-state index contributed by atoms with van der Waals surface area (Å²) in [6.45, 7) is 1.70. The molecule has 0 amide bonds. The van der Waals surface area contributed by atoms with E-state index in [9.17, 15) is 4.79 Å². The minimum absolute atomic E-state index is 0.481. The van der Waals surface area contributed by atoms with Gasteiger partial charge in [-0.25, -0.2) is 0 Å². The van der Waals surface area contributed by atoms with Gasteiger partial charge in [-0.2, -0.15) is 0 Å². The zero-order chi connectivity index (χ0) is 12.1. The number of methoxy groups -OCH3 is 1. The highest BCUT2D eigenvalue weighted by Crippen LogP contribution is 2.18. The van der Waals surface area contributed by atoms with E-state index < -0.39 is 18.1 Å². The van der Waals surface area contributed by atoms with Crippen molar-refractivity contribution in [1.82, 2.24) is 0 Å². The van der Waals surface area contributed by atoms with Gasteiger partial charge in [0.05, 0.1) is 7.11 Å². The molecule has 0 fully saturated rings. The Morgan fingerprint density at radius 3 is 2.75 bits per heavy atom. The summed E-state index contributed by atoms with van der Waals surface area (Å²) in [5.41, 5.74) is 5.62. The smallest absolute Gasteiger partial charge is 0.326 e. The van der Waals surface area contributed by atoms with Gasteiger partial charge in [-0.3, -0.25) is 4.79 Å². The quantitative estimate of drug-likeness (QED) is 0.817. The molecule has 1 aromatic carbocycles. The molecule has 0 radical (unpaired) electrons. The number of hydrogen-bond donors (Lipinski definition) is 1. The van der Waals surface area contributed by atoms with Gasteiger partial charge in [-0.05, 0) is 25.1 Å². The van der Waals surface area contributed by atoms with Crippen LogP contribution in [0.4, 0.5) is 0 Å². The molecule has 2 N–H and O–H groups in total. The SMILES string of the molecule is COC(=O)[C@@H](N)[C@H](C)Oc1cccc(Cl)c1. The number of benzene rings is 1. The fourth-order valence-corrected chi connectivity index (χ4v) is 1.34. The summed E-state index contributed by atoms with van der Waals surface area (Å²) in [6, 6.07) is 6.07. The van der Waals surface area contributed by atoms with Gasteiger partial charge in [0.1, 0.15) is 17.9 Å². The van der Waals surface area contributed by atoms with E-state index >= 15 is 0 Å². The molecule has 0 unspecified atom stereocenters. The largest absolute Gasteiger partial charge is 0.488 e. The summed E-state index contributed by atoms with van der Waals surface area (Å²) >= 11 is 5.79. The minimum atomic E-state index is -0.816. The van der Waals surface area contributed by atoms with Crippen LogP contribution in [0.5, 0.6) is 5.75 Å². The monoisotopic (exact) mass is 243 g/mol. The van der Waals surface area contributed by atoms with E-state index in [0.717, 1.165) is 0 Å². The Hall–Kier alpha value is -1.26.